The fraction of sp³-hybridized carbons (Fsp3) is 0.238. The fourth-order valence-corrected chi connectivity index (χ4v) is 3.28. The van der Waals surface area contributed by atoms with Gasteiger partial charge in [0.1, 0.15) is 17.3 Å². The molecule has 2 N–H and O–H groups in total. The summed E-state index contributed by atoms with van der Waals surface area (Å²) >= 11 is 0. The van der Waals surface area contributed by atoms with Gasteiger partial charge in [-0.15, -0.1) is 0 Å². The second-order valence-electron chi connectivity index (χ2n) is 6.32. The summed E-state index contributed by atoms with van der Waals surface area (Å²) < 4.78 is 19.6. The fourth-order valence-electron chi connectivity index (χ4n) is 3.28. The Labute approximate surface area is 161 Å². The molecule has 1 aliphatic rings. The number of Topliss-reactive ketones (excluding diaryl/α,β-unsaturated/α-hetero) is 1. The molecule has 1 amide bonds. The lowest BCUT2D eigenvalue weighted by Crippen LogP contribution is -2.31. The summed E-state index contributed by atoms with van der Waals surface area (Å²) in [6, 6.07) is 11.0. The van der Waals surface area contributed by atoms with Crippen molar-refractivity contribution >= 4 is 17.4 Å². The zero-order chi connectivity index (χ0) is 20.3. The first-order chi connectivity index (χ1) is 13.5. The highest BCUT2D eigenvalue weighted by Gasteiger charge is 2.46. The van der Waals surface area contributed by atoms with E-state index >= 15 is 0 Å². The second kappa shape index (κ2) is 8.22. The van der Waals surface area contributed by atoms with Crippen LogP contribution < -0.4 is 4.74 Å². The summed E-state index contributed by atoms with van der Waals surface area (Å²) in [6.07, 6.45) is 0.223. The van der Waals surface area contributed by atoms with Gasteiger partial charge in [-0.25, -0.2) is 4.39 Å². The van der Waals surface area contributed by atoms with Crippen LogP contribution in [0.2, 0.25) is 0 Å². The van der Waals surface area contributed by atoms with Gasteiger partial charge in [0.25, 0.3) is 11.7 Å². The summed E-state index contributed by atoms with van der Waals surface area (Å²) in [5.41, 5.74) is 0.232. The van der Waals surface area contributed by atoms with E-state index in [1.54, 1.807) is 30.3 Å². The number of carbonyl (C=O) groups excluding carboxylic acids is 2. The zero-order valence-corrected chi connectivity index (χ0v) is 15.3. The van der Waals surface area contributed by atoms with Gasteiger partial charge < -0.3 is 19.8 Å². The molecule has 1 heterocycles. The van der Waals surface area contributed by atoms with E-state index in [9.17, 15) is 19.1 Å². The molecule has 0 radical (unpaired) electrons. The van der Waals surface area contributed by atoms with Gasteiger partial charge in [0, 0.05) is 24.3 Å². The highest BCUT2D eigenvalue weighted by atomic mass is 19.1. The van der Waals surface area contributed by atoms with Crippen molar-refractivity contribution in [2.75, 3.05) is 20.3 Å². The van der Waals surface area contributed by atoms with Gasteiger partial charge in [-0.05, 0) is 36.8 Å². The minimum absolute atomic E-state index is 0.0550. The first-order valence-corrected chi connectivity index (χ1v) is 8.77. The number of hydrogen-bond donors (Lipinski definition) is 2. The van der Waals surface area contributed by atoms with Gasteiger partial charge in [-0.3, -0.25) is 9.59 Å². The van der Waals surface area contributed by atoms with E-state index in [4.69, 9.17) is 9.84 Å². The Hall–Kier alpha value is -3.19. The normalized spacial score (nSPS) is 18.5. The molecular formula is C21H20FNO5. The van der Waals surface area contributed by atoms with Crippen LogP contribution in [0.4, 0.5) is 4.39 Å². The van der Waals surface area contributed by atoms with E-state index in [1.807, 2.05) is 0 Å². The van der Waals surface area contributed by atoms with Gasteiger partial charge in [0.15, 0.2) is 0 Å². The molecule has 1 fully saturated rings. The van der Waals surface area contributed by atoms with E-state index in [0.717, 1.165) is 0 Å². The third kappa shape index (κ3) is 3.48. The summed E-state index contributed by atoms with van der Waals surface area (Å²) in [7, 11) is 1.50. The standard InChI is InChI=1S/C21H20FNO5/c1-28-14-9-7-13(8-10-14)19(25)17-18(15-5-2-3-6-16(15)22)23(11-4-12-24)21(27)20(17)26/h2-3,5-10,18,24-25H,4,11-12H2,1H3/b19-17-. The van der Waals surface area contributed by atoms with Crippen molar-refractivity contribution < 1.29 is 28.9 Å². The highest BCUT2D eigenvalue weighted by Crippen LogP contribution is 2.40. The number of ketones is 1. The second-order valence-corrected chi connectivity index (χ2v) is 6.32. The molecule has 146 valence electrons. The van der Waals surface area contributed by atoms with Crippen LogP contribution in [-0.4, -0.2) is 47.1 Å². The molecular weight excluding hydrogens is 365 g/mol. The summed E-state index contributed by atoms with van der Waals surface area (Å²) in [4.78, 5) is 26.4. The molecule has 0 aromatic heterocycles. The smallest absolute Gasteiger partial charge is 0.295 e. The number of benzene rings is 2. The van der Waals surface area contributed by atoms with Crippen molar-refractivity contribution in [3.05, 3.63) is 71.0 Å². The number of aliphatic hydroxyl groups excluding tert-OH is 2. The lowest BCUT2D eigenvalue weighted by molar-refractivity contribution is -0.140. The Morgan fingerprint density at radius 1 is 1.14 bits per heavy atom. The molecule has 0 aliphatic carbocycles. The zero-order valence-electron chi connectivity index (χ0n) is 15.3. The number of methoxy groups -OCH3 is 1. The van der Waals surface area contributed by atoms with Crippen molar-refractivity contribution in [2.24, 2.45) is 0 Å². The lowest BCUT2D eigenvalue weighted by atomic mass is 9.95. The Bertz CT molecular complexity index is 923. The van der Waals surface area contributed by atoms with Crippen LogP contribution in [0.5, 0.6) is 5.75 Å². The van der Waals surface area contributed by atoms with Crippen LogP contribution in [0.15, 0.2) is 54.1 Å². The Kier molecular flexibility index (Phi) is 5.75. The van der Waals surface area contributed by atoms with Gasteiger partial charge in [-0.1, -0.05) is 18.2 Å². The molecule has 2 aromatic rings. The molecule has 1 aliphatic heterocycles. The van der Waals surface area contributed by atoms with Gasteiger partial charge in [-0.2, -0.15) is 0 Å². The number of hydrogen-bond acceptors (Lipinski definition) is 5. The minimum atomic E-state index is -1.07. The number of nitrogens with zero attached hydrogens (tertiary/aromatic N) is 1. The predicted octanol–water partition coefficient (Wildman–Crippen LogP) is 2.64. The maximum Gasteiger partial charge on any atom is 0.295 e. The molecule has 1 unspecified atom stereocenters. The number of aliphatic hydroxyl groups is 2. The number of amides is 1. The SMILES string of the molecule is COc1ccc(/C(O)=C2/C(=O)C(=O)N(CCCO)C2c2ccccc2F)cc1. The third-order valence-electron chi connectivity index (χ3n) is 4.66. The van der Waals surface area contributed by atoms with Crippen LogP contribution in [0, 0.1) is 5.82 Å². The van der Waals surface area contributed by atoms with Crippen molar-refractivity contribution in [3.8, 4) is 5.75 Å². The van der Waals surface area contributed by atoms with Gasteiger partial charge >= 0.3 is 0 Å². The number of rotatable bonds is 6. The van der Waals surface area contributed by atoms with Crippen LogP contribution in [0.1, 0.15) is 23.6 Å². The molecule has 1 saturated heterocycles. The molecule has 2 aromatic carbocycles. The first-order valence-electron chi connectivity index (χ1n) is 8.77. The maximum absolute atomic E-state index is 14.5. The molecule has 0 spiro atoms. The van der Waals surface area contributed by atoms with Gasteiger partial charge in [0.2, 0.25) is 0 Å². The molecule has 0 saturated carbocycles. The van der Waals surface area contributed by atoms with Gasteiger partial charge in [0.05, 0.1) is 18.7 Å². The largest absolute Gasteiger partial charge is 0.507 e. The summed E-state index contributed by atoms with van der Waals surface area (Å²) in [5, 5.41) is 19.9. The molecule has 1 atom stereocenters. The van der Waals surface area contributed by atoms with Crippen molar-refractivity contribution in [2.45, 2.75) is 12.5 Å². The third-order valence-corrected chi connectivity index (χ3v) is 4.66. The molecule has 6 nitrogen and oxygen atoms in total. The van der Waals surface area contributed by atoms with E-state index < -0.39 is 23.5 Å². The van der Waals surface area contributed by atoms with Crippen molar-refractivity contribution in [1.82, 2.24) is 4.90 Å². The van der Waals surface area contributed by atoms with Crippen LogP contribution in [-0.2, 0) is 9.59 Å². The molecule has 28 heavy (non-hydrogen) atoms. The first kappa shape index (κ1) is 19.6. The number of likely N-dealkylation sites (tertiary alicyclic amines) is 1. The molecule has 7 heteroatoms. The Morgan fingerprint density at radius 3 is 2.43 bits per heavy atom. The quantitative estimate of drug-likeness (QED) is 0.454. The Balaban J connectivity index is 2.16. The van der Waals surface area contributed by atoms with E-state index in [2.05, 4.69) is 0 Å². The van der Waals surface area contributed by atoms with Crippen molar-refractivity contribution in [1.29, 1.82) is 0 Å². The monoisotopic (exact) mass is 385 g/mol. The molecule has 3 rings (SSSR count). The lowest BCUT2D eigenvalue weighted by Gasteiger charge is -2.25. The average molecular weight is 385 g/mol. The van der Waals surface area contributed by atoms with E-state index in [0.29, 0.717) is 11.3 Å². The predicted molar refractivity (Wildman–Crippen MR) is 100 cm³/mol. The van der Waals surface area contributed by atoms with Crippen LogP contribution >= 0.6 is 0 Å². The number of halogens is 1. The Morgan fingerprint density at radius 2 is 1.82 bits per heavy atom. The van der Waals surface area contributed by atoms with Crippen LogP contribution in [0.3, 0.4) is 0 Å². The van der Waals surface area contributed by atoms with E-state index in [1.165, 1.54) is 30.2 Å². The molecule has 0 bridgehead atoms. The highest BCUT2D eigenvalue weighted by molar-refractivity contribution is 6.46. The van der Waals surface area contributed by atoms with Crippen LogP contribution in [0.25, 0.3) is 5.76 Å². The topological polar surface area (TPSA) is 87.1 Å². The number of carbonyl (C=O) groups is 2. The van der Waals surface area contributed by atoms with Crippen molar-refractivity contribution in [3.63, 3.8) is 0 Å². The summed E-state index contributed by atoms with van der Waals surface area (Å²) in [6.45, 7) is -0.134. The summed E-state index contributed by atoms with van der Waals surface area (Å²) in [5.74, 6) is -2.15. The van der Waals surface area contributed by atoms with E-state index in [-0.39, 0.29) is 36.5 Å². The maximum atomic E-state index is 14.5. The minimum Gasteiger partial charge on any atom is -0.507 e. The average Bonchev–Trinajstić information content (AvgIpc) is 2.96. The number of ether oxygens (including phenoxy) is 1.